The lowest BCUT2D eigenvalue weighted by Gasteiger charge is -2.36. The molecule has 4 aliphatic rings. The van der Waals surface area contributed by atoms with Crippen molar-refractivity contribution in [3.8, 4) is 5.75 Å². The van der Waals surface area contributed by atoms with E-state index in [1.807, 2.05) is 30.5 Å². The maximum Gasteiger partial charge on any atom is 0.255 e. The van der Waals surface area contributed by atoms with Gasteiger partial charge in [0.15, 0.2) is 0 Å². The number of pyridine rings is 1. The molecule has 1 aromatic carbocycles. The number of aliphatic hydroxyl groups excluding tert-OH is 1. The number of carbonyl (C=O) groups excluding carboxylic acids is 2. The van der Waals surface area contributed by atoms with E-state index in [1.165, 1.54) is 11.3 Å². The standard InChI is InChI=1S/C26H30N4O4/c31-24-9-8-22(25(32)28-24)30-15-17-13-18(6-7-19(17)26(30)33)34-23-5-1-4-21(23)29-12-10-20-16(14-29)3-2-11-27-20/h2-3,6-7,11,13,21-24,31H,1,4-5,8-10,12,14-15H2,(H,28,32)/t21-,22?,23+,24?/m1/s1. The predicted molar refractivity (Wildman–Crippen MR) is 124 cm³/mol. The fourth-order valence-corrected chi connectivity index (χ4v) is 6.03. The van der Waals surface area contributed by atoms with Crippen molar-refractivity contribution in [1.29, 1.82) is 0 Å². The molecule has 2 unspecified atom stereocenters. The summed E-state index contributed by atoms with van der Waals surface area (Å²) in [6.07, 6.45) is 6.35. The normalized spacial score (nSPS) is 29.0. The number of carbonyl (C=O) groups is 2. The molecule has 6 rings (SSSR count). The summed E-state index contributed by atoms with van der Waals surface area (Å²) < 4.78 is 6.51. The van der Waals surface area contributed by atoms with Crippen molar-refractivity contribution in [2.24, 2.45) is 0 Å². The number of ether oxygens (including phenoxy) is 1. The monoisotopic (exact) mass is 462 g/mol. The molecule has 4 heterocycles. The van der Waals surface area contributed by atoms with Crippen LogP contribution >= 0.6 is 0 Å². The van der Waals surface area contributed by atoms with Crippen molar-refractivity contribution in [3.05, 3.63) is 58.9 Å². The van der Waals surface area contributed by atoms with Gasteiger partial charge in [-0.2, -0.15) is 0 Å². The molecule has 0 radical (unpaired) electrons. The van der Waals surface area contributed by atoms with E-state index in [9.17, 15) is 14.7 Å². The van der Waals surface area contributed by atoms with Crippen LogP contribution in [0.1, 0.15) is 59.3 Å². The zero-order valence-corrected chi connectivity index (χ0v) is 19.2. The quantitative estimate of drug-likeness (QED) is 0.722. The van der Waals surface area contributed by atoms with Crippen molar-refractivity contribution in [3.63, 3.8) is 0 Å². The Morgan fingerprint density at radius 3 is 2.85 bits per heavy atom. The molecule has 1 aromatic heterocycles. The summed E-state index contributed by atoms with van der Waals surface area (Å²) in [5.74, 6) is 0.369. The third-order valence-electron chi connectivity index (χ3n) is 7.78. The van der Waals surface area contributed by atoms with Gasteiger partial charge in [0, 0.05) is 49.6 Å². The van der Waals surface area contributed by atoms with Gasteiger partial charge >= 0.3 is 0 Å². The highest BCUT2D eigenvalue weighted by Gasteiger charge is 2.40. The first kappa shape index (κ1) is 21.6. The Morgan fingerprint density at radius 1 is 1.06 bits per heavy atom. The maximum absolute atomic E-state index is 13.0. The van der Waals surface area contributed by atoms with Gasteiger partial charge in [0.05, 0.1) is 0 Å². The fourth-order valence-electron chi connectivity index (χ4n) is 6.03. The first-order chi connectivity index (χ1) is 16.6. The van der Waals surface area contributed by atoms with Gasteiger partial charge in [-0.25, -0.2) is 0 Å². The molecule has 1 aliphatic carbocycles. The topological polar surface area (TPSA) is 95.0 Å². The minimum Gasteiger partial charge on any atom is -0.489 e. The van der Waals surface area contributed by atoms with E-state index in [0.29, 0.717) is 31.0 Å². The van der Waals surface area contributed by atoms with Crippen LogP contribution in [0.3, 0.4) is 0 Å². The number of hydrogen-bond acceptors (Lipinski definition) is 6. The van der Waals surface area contributed by atoms with Gasteiger partial charge in [-0.3, -0.25) is 19.5 Å². The smallest absolute Gasteiger partial charge is 0.255 e. The van der Waals surface area contributed by atoms with Crippen LogP contribution in [0.5, 0.6) is 5.75 Å². The molecular formula is C26H30N4O4. The Kier molecular flexibility index (Phi) is 5.50. The zero-order valence-electron chi connectivity index (χ0n) is 19.2. The third-order valence-corrected chi connectivity index (χ3v) is 7.78. The molecule has 2 aromatic rings. The highest BCUT2D eigenvalue weighted by atomic mass is 16.5. The van der Waals surface area contributed by atoms with Gasteiger partial charge in [0.1, 0.15) is 24.1 Å². The lowest BCUT2D eigenvalue weighted by atomic mass is 10.0. The summed E-state index contributed by atoms with van der Waals surface area (Å²) in [5, 5.41) is 12.2. The Balaban J connectivity index is 1.15. The van der Waals surface area contributed by atoms with Crippen LogP contribution in [-0.4, -0.2) is 62.7 Å². The number of aliphatic hydroxyl groups is 1. The molecule has 34 heavy (non-hydrogen) atoms. The number of fused-ring (bicyclic) bond motifs is 2. The highest BCUT2D eigenvalue weighted by molar-refractivity contribution is 6.01. The Bertz CT molecular complexity index is 1120. The fraction of sp³-hybridized carbons (Fsp3) is 0.500. The average molecular weight is 463 g/mol. The summed E-state index contributed by atoms with van der Waals surface area (Å²) in [4.78, 5) is 34.0. The van der Waals surface area contributed by atoms with Crippen molar-refractivity contribution in [1.82, 2.24) is 20.1 Å². The van der Waals surface area contributed by atoms with E-state index in [-0.39, 0.29) is 17.9 Å². The molecular weight excluding hydrogens is 432 g/mol. The summed E-state index contributed by atoms with van der Waals surface area (Å²) in [6.45, 7) is 2.31. The van der Waals surface area contributed by atoms with Crippen LogP contribution < -0.4 is 10.1 Å². The molecule has 2 N–H and O–H groups in total. The number of nitrogens with one attached hydrogen (secondary N) is 1. The first-order valence-electron chi connectivity index (χ1n) is 12.3. The predicted octanol–water partition coefficient (Wildman–Crippen LogP) is 1.99. The molecule has 178 valence electrons. The molecule has 0 bridgehead atoms. The SMILES string of the molecule is O=C1NC(O)CCC1N1Cc2cc(O[C@H]3CCC[C@H]3N3CCc4ncccc4C3)ccc2C1=O. The number of aromatic nitrogens is 1. The van der Waals surface area contributed by atoms with Gasteiger partial charge < -0.3 is 20.1 Å². The van der Waals surface area contributed by atoms with E-state index < -0.39 is 12.3 Å². The number of rotatable bonds is 4. The number of piperidine rings is 1. The van der Waals surface area contributed by atoms with Gasteiger partial charge in [-0.1, -0.05) is 6.07 Å². The lowest BCUT2D eigenvalue weighted by Crippen LogP contribution is -2.54. The largest absolute Gasteiger partial charge is 0.489 e. The van der Waals surface area contributed by atoms with E-state index in [1.54, 1.807) is 4.90 Å². The molecule has 1 saturated heterocycles. The molecule has 2 fully saturated rings. The van der Waals surface area contributed by atoms with Crippen LogP contribution in [-0.2, 0) is 24.3 Å². The van der Waals surface area contributed by atoms with Crippen LogP contribution in [0.15, 0.2) is 36.5 Å². The molecule has 8 heteroatoms. The average Bonchev–Trinajstić information content (AvgIpc) is 3.43. The number of hydrogen-bond donors (Lipinski definition) is 2. The molecule has 0 spiro atoms. The second kappa shape index (κ2) is 8.67. The summed E-state index contributed by atoms with van der Waals surface area (Å²) in [7, 11) is 0. The van der Waals surface area contributed by atoms with Crippen molar-refractivity contribution in [2.75, 3.05) is 6.54 Å². The van der Waals surface area contributed by atoms with Gasteiger partial charge in [0.2, 0.25) is 5.91 Å². The van der Waals surface area contributed by atoms with Crippen molar-refractivity contribution >= 4 is 11.8 Å². The summed E-state index contributed by atoms with van der Waals surface area (Å²) in [6, 6.07) is 9.70. The van der Waals surface area contributed by atoms with Gasteiger partial charge in [-0.15, -0.1) is 0 Å². The van der Waals surface area contributed by atoms with Gasteiger partial charge in [0.25, 0.3) is 5.91 Å². The zero-order chi connectivity index (χ0) is 23.2. The summed E-state index contributed by atoms with van der Waals surface area (Å²) in [5.41, 5.74) is 4.06. The Labute approximate surface area is 198 Å². The second-order valence-electron chi connectivity index (χ2n) is 9.85. The van der Waals surface area contributed by atoms with Crippen molar-refractivity contribution in [2.45, 2.75) is 76.0 Å². The molecule has 2 amide bonds. The number of benzene rings is 1. The van der Waals surface area contributed by atoms with E-state index in [4.69, 9.17) is 4.74 Å². The number of nitrogens with zero attached hydrogens (tertiary/aromatic N) is 3. The minimum atomic E-state index is -0.826. The molecule has 8 nitrogen and oxygen atoms in total. The lowest BCUT2D eigenvalue weighted by molar-refractivity contribution is -0.132. The number of amides is 2. The van der Waals surface area contributed by atoms with Crippen LogP contribution in [0.4, 0.5) is 0 Å². The second-order valence-corrected chi connectivity index (χ2v) is 9.85. The Hall–Kier alpha value is -2.97. The summed E-state index contributed by atoms with van der Waals surface area (Å²) >= 11 is 0. The minimum absolute atomic E-state index is 0.120. The van der Waals surface area contributed by atoms with Crippen molar-refractivity contribution < 1.29 is 19.4 Å². The third kappa shape index (κ3) is 3.84. The van der Waals surface area contributed by atoms with E-state index >= 15 is 0 Å². The molecule has 4 atom stereocenters. The van der Waals surface area contributed by atoms with E-state index in [0.717, 1.165) is 50.1 Å². The molecule has 3 aliphatic heterocycles. The van der Waals surface area contributed by atoms with Crippen LogP contribution in [0.25, 0.3) is 0 Å². The molecule has 1 saturated carbocycles. The Morgan fingerprint density at radius 2 is 1.97 bits per heavy atom. The first-order valence-corrected chi connectivity index (χ1v) is 12.3. The maximum atomic E-state index is 13.0. The van der Waals surface area contributed by atoms with Gasteiger partial charge in [-0.05, 0) is 67.5 Å². The van der Waals surface area contributed by atoms with Crippen LogP contribution in [0, 0.1) is 0 Å². The van der Waals surface area contributed by atoms with Crippen LogP contribution in [0.2, 0.25) is 0 Å². The highest BCUT2D eigenvalue weighted by Crippen LogP contribution is 2.34. The van der Waals surface area contributed by atoms with E-state index in [2.05, 4.69) is 21.3 Å².